The van der Waals surface area contributed by atoms with Crippen molar-refractivity contribution in [3.8, 4) is 0 Å². The molecule has 6 heteroatoms. The number of urea groups is 1. The quantitative estimate of drug-likeness (QED) is 0.640. The van der Waals surface area contributed by atoms with Crippen molar-refractivity contribution in [1.29, 1.82) is 0 Å². The molecule has 0 radical (unpaired) electrons. The van der Waals surface area contributed by atoms with E-state index >= 15 is 0 Å². The molecule has 4 amide bonds. The summed E-state index contributed by atoms with van der Waals surface area (Å²) in [5.41, 5.74) is 1.07. The van der Waals surface area contributed by atoms with Gasteiger partial charge in [0.15, 0.2) is 0 Å². The van der Waals surface area contributed by atoms with E-state index in [4.69, 9.17) is 0 Å². The number of nitrogens with one attached hydrogen (secondary N) is 2. The molecule has 0 bridgehead atoms. The summed E-state index contributed by atoms with van der Waals surface area (Å²) in [5, 5.41) is 7.27. The summed E-state index contributed by atoms with van der Waals surface area (Å²) in [5.74, 6) is -0.484. The second-order valence-electron chi connectivity index (χ2n) is 8.34. The molecule has 6 nitrogen and oxygen atoms in total. The maximum atomic E-state index is 13.5. The Morgan fingerprint density at radius 1 is 1.03 bits per heavy atom. The fraction of sp³-hybridized carbons (Fsp3) is 0.240. The molecule has 156 valence electrons. The van der Waals surface area contributed by atoms with Crippen molar-refractivity contribution >= 4 is 28.6 Å². The minimum absolute atomic E-state index is 0.00678. The second-order valence-corrected chi connectivity index (χ2v) is 8.34. The van der Waals surface area contributed by atoms with Crippen LogP contribution in [0.1, 0.15) is 47.3 Å². The van der Waals surface area contributed by atoms with Gasteiger partial charge in [0.25, 0.3) is 11.8 Å². The molecule has 2 heterocycles. The van der Waals surface area contributed by atoms with Gasteiger partial charge in [-0.15, -0.1) is 0 Å². The van der Waals surface area contributed by atoms with Crippen molar-refractivity contribution in [2.75, 3.05) is 6.54 Å². The Hall–Kier alpha value is -3.67. The third-order valence-electron chi connectivity index (χ3n) is 6.43. The Balaban J connectivity index is 1.49. The normalized spacial score (nSPS) is 23.1. The fourth-order valence-corrected chi connectivity index (χ4v) is 4.75. The third kappa shape index (κ3) is 3.15. The van der Waals surface area contributed by atoms with Gasteiger partial charge in [0, 0.05) is 12.1 Å². The monoisotopic (exact) mass is 413 g/mol. The highest BCUT2D eigenvalue weighted by Crippen LogP contribution is 2.37. The van der Waals surface area contributed by atoms with Crippen LogP contribution in [0.2, 0.25) is 0 Å². The molecule has 2 fully saturated rings. The van der Waals surface area contributed by atoms with Crippen LogP contribution in [-0.2, 0) is 10.3 Å². The van der Waals surface area contributed by atoms with E-state index in [2.05, 4.69) is 34.9 Å². The molecule has 2 aliphatic rings. The summed E-state index contributed by atoms with van der Waals surface area (Å²) >= 11 is 0. The van der Waals surface area contributed by atoms with Crippen molar-refractivity contribution in [3.05, 3.63) is 83.4 Å². The van der Waals surface area contributed by atoms with Gasteiger partial charge in [-0.1, -0.05) is 54.6 Å². The van der Waals surface area contributed by atoms with Crippen molar-refractivity contribution < 1.29 is 14.4 Å². The predicted molar refractivity (Wildman–Crippen MR) is 117 cm³/mol. The van der Waals surface area contributed by atoms with Crippen LogP contribution in [0.3, 0.4) is 0 Å². The van der Waals surface area contributed by atoms with Gasteiger partial charge < -0.3 is 10.2 Å². The number of imide groups is 1. The van der Waals surface area contributed by atoms with Crippen LogP contribution in [0.15, 0.2) is 66.7 Å². The van der Waals surface area contributed by atoms with Crippen LogP contribution >= 0.6 is 0 Å². The number of hydrogen-bond donors (Lipinski definition) is 2. The minimum atomic E-state index is -1.19. The molecule has 3 aromatic rings. The van der Waals surface area contributed by atoms with Crippen LogP contribution in [0, 0.1) is 0 Å². The molecule has 2 unspecified atom stereocenters. The summed E-state index contributed by atoms with van der Waals surface area (Å²) in [6.45, 7) is 2.33. The maximum absolute atomic E-state index is 13.5. The predicted octanol–water partition coefficient (Wildman–Crippen LogP) is 3.87. The van der Waals surface area contributed by atoms with Crippen LogP contribution in [0.5, 0.6) is 0 Å². The number of rotatable bonds is 3. The summed E-state index contributed by atoms with van der Waals surface area (Å²) in [6.07, 6.45) is 1.85. The van der Waals surface area contributed by atoms with E-state index in [9.17, 15) is 14.4 Å². The lowest BCUT2D eigenvalue weighted by atomic mass is 9.90. The van der Waals surface area contributed by atoms with E-state index in [1.54, 1.807) is 31.2 Å². The van der Waals surface area contributed by atoms with Gasteiger partial charge >= 0.3 is 6.03 Å². The lowest BCUT2D eigenvalue weighted by molar-refractivity contribution is -0.123. The SMILES string of the molecule is CC1(c2cccc(C(=O)N3CCCC3c3cccc4ccccc34)c2)NC(=O)NC1=O. The largest absolute Gasteiger partial charge is 0.332 e. The molecule has 2 saturated heterocycles. The van der Waals surface area contributed by atoms with Crippen molar-refractivity contribution in [1.82, 2.24) is 15.5 Å². The van der Waals surface area contributed by atoms with E-state index in [0.29, 0.717) is 17.7 Å². The maximum Gasteiger partial charge on any atom is 0.322 e. The molecular weight excluding hydrogens is 390 g/mol. The molecule has 2 N–H and O–H groups in total. The molecule has 2 atom stereocenters. The van der Waals surface area contributed by atoms with E-state index < -0.39 is 17.5 Å². The molecule has 0 aromatic heterocycles. The number of fused-ring (bicyclic) bond motifs is 1. The molecule has 0 spiro atoms. The zero-order valence-electron chi connectivity index (χ0n) is 17.2. The first-order valence-electron chi connectivity index (χ1n) is 10.5. The number of carbonyl (C=O) groups is 3. The third-order valence-corrected chi connectivity index (χ3v) is 6.43. The first-order chi connectivity index (χ1) is 15.0. The first kappa shape index (κ1) is 19.3. The molecular formula is C25H23N3O3. The van der Waals surface area contributed by atoms with E-state index in [1.807, 2.05) is 23.1 Å². The average Bonchev–Trinajstić information content (AvgIpc) is 3.37. The molecule has 5 rings (SSSR count). The Kier molecular flexibility index (Phi) is 4.50. The van der Waals surface area contributed by atoms with Crippen molar-refractivity contribution in [2.24, 2.45) is 0 Å². The van der Waals surface area contributed by atoms with Crippen molar-refractivity contribution in [2.45, 2.75) is 31.3 Å². The van der Waals surface area contributed by atoms with Crippen LogP contribution in [0.4, 0.5) is 4.79 Å². The van der Waals surface area contributed by atoms with Crippen LogP contribution < -0.4 is 10.6 Å². The van der Waals surface area contributed by atoms with Gasteiger partial charge in [-0.3, -0.25) is 14.9 Å². The van der Waals surface area contributed by atoms with Gasteiger partial charge in [-0.2, -0.15) is 0 Å². The first-order valence-corrected chi connectivity index (χ1v) is 10.5. The summed E-state index contributed by atoms with van der Waals surface area (Å²) in [6, 6.07) is 21.0. The number of hydrogen-bond acceptors (Lipinski definition) is 3. The van der Waals surface area contributed by atoms with Crippen molar-refractivity contribution in [3.63, 3.8) is 0 Å². The van der Waals surface area contributed by atoms with Gasteiger partial charge in [0.2, 0.25) is 0 Å². The average molecular weight is 413 g/mol. The molecule has 3 aromatic carbocycles. The fourth-order valence-electron chi connectivity index (χ4n) is 4.75. The topological polar surface area (TPSA) is 78.5 Å². The van der Waals surface area contributed by atoms with Gasteiger partial charge in [0.1, 0.15) is 5.54 Å². The van der Waals surface area contributed by atoms with Crippen LogP contribution in [0.25, 0.3) is 10.8 Å². The Morgan fingerprint density at radius 3 is 2.61 bits per heavy atom. The highest BCUT2D eigenvalue weighted by molar-refractivity contribution is 6.07. The highest BCUT2D eigenvalue weighted by atomic mass is 16.2. The van der Waals surface area contributed by atoms with Gasteiger partial charge in [-0.05, 0) is 53.8 Å². The number of amides is 4. The number of benzene rings is 3. The Labute approximate surface area is 180 Å². The lowest BCUT2D eigenvalue weighted by Gasteiger charge is -2.27. The molecule has 31 heavy (non-hydrogen) atoms. The Morgan fingerprint density at radius 2 is 1.81 bits per heavy atom. The summed E-state index contributed by atoms with van der Waals surface area (Å²) in [4.78, 5) is 39.4. The lowest BCUT2D eigenvalue weighted by Crippen LogP contribution is -2.40. The summed E-state index contributed by atoms with van der Waals surface area (Å²) < 4.78 is 0. The van der Waals surface area contributed by atoms with Gasteiger partial charge in [0.05, 0.1) is 6.04 Å². The smallest absolute Gasteiger partial charge is 0.322 e. The zero-order chi connectivity index (χ0) is 21.6. The second kappa shape index (κ2) is 7.23. The molecule has 2 aliphatic heterocycles. The molecule has 0 saturated carbocycles. The number of carbonyl (C=O) groups excluding carboxylic acids is 3. The molecule has 0 aliphatic carbocycles. The highest BCUT2D eigenvalue weighted by Gasteiger charge is 2.43. The zero-order valence-corrected chi connectivity index (χ0v) is 17.2. The van der Waals surface area contributed by atoms with E-state index in [0.717, 1.165) is 23.8 Å². The minimum Gasteiger partial charge on any atom is -0.332 e. The van der Waals surface area contributed by atoms with Crippen LogP contribution in [-0.4, -0.2) is 29.3 Å². The Bertz CT molecular complexity index is 1220. The number of nitrogens with zero attached hydrogens (tertiary/aromatic N) is 1. The standard InChI is InChI=1S/C25H23N3O3/c1-25(23(30)26-24(31)27-25)18-10-4-9-17(15-18)22(29)28-14-6-13-21(28)20-12-5-8-16-7-2-3-11-19(16)20/h2-5,7-12,15,21H,6,13-14H2,1H3,(H2,26,27,30,31). The number of likely N-dealkylation sites (tertiary alicyclic amines) is 1. The van der Waals surface area contributed by atoms with Gasteiger partial charge in [-0.25, -0.2) is 4.79 Å². The summed E-state index contributed by atoms with van der Waals surface area (Å²) in [7, 11) is 0. The van der Waals surface area contributed by atoms with E-state index in [-0.39, 0.29) is 11.9 Å². The van der Waals surface area contributed by atoms with E-state index in [1.165, 1.54) is 5.39 Å².